The Kier molecular flexibility index (Phi) is 31.7. The molecule has 35 nitrogen and oxygen atoms in total. The zero-order valence-electron chi connectivity index (χ0n) is 42.8. The van der Waals surface area contributed by atoms with E-state index in [1.165, 1.54) is 0 Å². The number of nitrogens with one attached hydrogen (secondary N) is 10. The molecule has 24 N–H and O–H groups in total. The first kappa shape index (κ1) is 68.2. The second-order valence-corrected chi connectivity index (χ2v) is 17.4. The van der Waals surface area contributed by atoms with Gasteiger partial charge in [0.15, 0.2) is 5.96 Å². The Bertz CT molecular complexity index is 2130. The normalized spacial score (nSPS) is 15.8. The van der Waals surface area contributed by atoms with Crippen LogP contribution in [0.4, 0.5) is 0 Å². The van der Waals surface area contributed by atoms with Gasteiger partial charge in [0.05, 0.1) is 45.6 Å². The van der Waals surface area contributed by atoms with Gasteiger partial charge >= 0.3 is 11.9 Å². The molecule has 0 aromatic heterocycles. The summed E-state index contributed by atoms with van der Waals surface area (Å²) in [6, 6.07) is -12.6. The van der Waals surface area contributed by atoms with Crippen LogP contribution in [-0.4, -0.2) is 238 Å². The summed E-state index contributed by atoms with van der Waals surface area (Å²) >= 11 is 0. The number of aliphatic imine (C=N–C) groups is 1. The Morgan fingerprint density at radius 3 is 1.58 bits per heavy atom. The number of unbranched alkanes of at least 4 members (excludes halogenated alkanes) is 1. The van der Waals surface area contributed by atoms with Gasteiger partial charge in [0.1, 0.15) is 54.9 Å². The molecule has 1 rings (SSSR count). The first-order valence-corrected chi connectivity index (χ1v) is 24.5. The number of carboxylic acid groups (broad SMARTS) is 2. The summed E-state index contributed by atoms with van der Waals surface area (Å²) in [5.74, 6) is -14.2. The number of nitrogens with two attached hydrogens (primary N) is 4. The minimum atomic E-state index is -1.81. The molecule has 0 radical (unpaired) electrons. The van der Waals surface area contributed by atoms with E-state index in [1.54, 1.807) is 0 Å². The molecule has 35 heteroatoms. The number of aliphatic hydroxyl groups is 4. The summed E-state index contributed by atoms with van der Waals surface area (Å²) < 4.78 is 0. The number of nitrogens with zero attached hydrogens (tertiary/aromatic N) is 2. The van der Waals surface area contributed by atoms with Crippen molar-refractivity contribution in [3.05, 3.63) is 0 Å². The molecule has 1 aliphatic rings. The largest absolute Gasteiger partial charge is 0.481 e. The van der Waals surface area contributed by atoms with Gasteiger partial charge in [-0.2, -0.15) is 0 Å². The van der Waals surface area contributed by atoms with Crippen molar-refractivity contribution in [2.45, 2.75) is 119 Å². The van der Waals surface area contributed by atoms with Crippen LogP contribution in [-0.2, 0) is 62.3 Å². The number of aliphatic hydroxyl groups excluding tert-OH is 4. The third-order valence-electron chi connectivity index (χ3n) is 11.3. The van der Waals surface area contributed by atoms with Crippen molar-refractivity contribution < 1.29 is 93.0 Å². The van der Waals surface area contributed by atoms with E-state index in [4.69, 9.17) is 28.0 Å². The topological polar surface area (TPSA) is 583 Å². The Balaban J connectivity index is 3.15. The molecule has 440 valence electrons. The summed E-state index contributed by atoms with van der Waals surface area (Å²) in [5.41, 5.74) is 21.5. The molecule has 0 unspecified atom stereocenters. The maximum Gasteiger partial charge on any atom is 0.322 e. The van der Waals surface area contributed by atoms with E-state index in [-0.39, 0.29) is 57.7 Å². The van der Waals surface area contributed by atoms with Gasteiger partial charge in [0.2, 0.25) is 65.0 Å². The third-order valence-corrected chi connectivity index (χ3v) is 11.3. The Morgan fingerprint density at radius 2 is 1.05 bits per heavy atom. The summed E-state index contributed by atoms with van der Waals surface area (Å²) in [5, 5.41) is 80.1. The van der Waals surface area contributed by atoms with E-state index in [9.17, 15) is 87.9 Å². The first-order valence-electron chi connectivity index (χ1n) is 24.5. The number of guanidine groups is 1. The molecule has 78 heavy (non-hydrogen) atoms. The van der Waals surface area contributed by atoms with Crippen molar-refractivity contribution >= 4 is 82.9 Å². The SMILES string of the molecule is C[C@@H](O)[C@H](NC(=O)[C@H](CO)NC(=O)CN)C(=O)N[C@@H](CO)C(=O)NCC(=O)N[C@@H](CCCN=C(N)N)C(=O)N1CCC[C@H]1C(=O)N[C@@H](CO)C(=O)N[C@@H](CCC(=O)O)C(=O)NCC(=O)N[C@@H](CCCCN)C(=O)NCC(=O)O. The molecule has 0 bridgehead atoms. The van der Waals surface area contributed by atoms with E-state index in [0.29, 0.717) is 12.8 Å². The zero-order chi connectivity index (χ0) is 59.1. The summed E-state index contributed by atoms with van der Waals surface area (Å²) in [6.45, 7) is -4.81. The van der Waals surface area contributed by atoms with Gasteiger partial charge in [-0.25, -0.2) is 0 Å². The van der Waals surface area contributed by atoms with Crippen LogP contribution in [0.5, 0.6) is 0 Å². The number of likely N-dealkylation sites (tertiary alicyclic amines) is 1. The minimum absolute atomic E-state index is 0.00357. The molecule has 1 saturated heterocycles. The monoisotopic (exact) mass is 1120 g/mol. The Morgan fingerprint density at radius 1 is 0.564 bits per heavy atom. The highest BCUT2D eigenvalue weighted by Crippen LogP contribution is 2.20. The molecule has 0 aliphatic carbocycles. The highest BCUT2D eigenvalue weighted by Gasteiger charge is 2.40. The highest BCUT2D eigenvalue weighted by molar-refractivity contribution is 5.98. The Hall–Kier alpha value is -7.86. The van der Waals surface area contributed by atoms with Gasteiger partial charge in [-0.15, -0.1) is 0 Å². The lowest BCUT2D eigenvalue weighted by atomic mass is 10.1. The van der Waals surface area contributed by atoms with Crippen LogP contribution < -0.4 is 76.1 Å². The summed E-state index contributed by atoms with van der Waals surface area (Å²) in [7, 11) is 0. The number of hydrogen-bond donors (Lipinski definition) is 20. The van der Waals surface area contributed by atoms with Gasteiger partial charge < -0.3 is 112 Å². The van der Waals surface area contributed by atoms with Gasteiger partial charge in [0.25, 0.3) is 0 Å². The fourth-order valence-corrected chi connectivity index (χ4v) is 7.22. The van der Waals surface area contributed by atoms with E-state index in [1.807, 2.05) is 0 Å². The first-order chi connectivity index (χ1) is 36.8. The molecule has 1 aliphatic heterocycles. The van der Waals surface area contributed by atoms with Crippen molar-refractivity contribution in [2.24, 2.45) is 27.9 Å². The summed E-state index contributed by atoms with van der Waals surface area (Å²) in [4.78, 5) is 171. The van der Waals surface area contributed by atoms with Crippen LogP contribution in [0, 0.1) is 0 Å². The smallest absolute Gasteiger partial charge is 0.322 e. The number of carbonyl (C=O) groups is 13. The predicted molar refractivity (Wildman–Crippen MR) is 267 cm³/mol. The average molecular weight is 1120 g/mol. The Labute approximate surface area is 445 Å². The fraction of sp³-hybridized carbons (Fsp3) is 0.674. The van der Waals surface area contributed by atoms with Gasteiger partial charge in [0, 0.05) is 19.5 Å². The van der Waals surface area contributed by atoms with Crippen LogP contribution in [0.3, 0.4) is 0 Å². The number of carboxylic acids is 2. The van der Waals surface area contributed by atoms with Gasteiger partial charge in [-0.3, -0.25) is 67.3 Å². The fourth-order valence-electron chi connectivity index (χ4n) is 7.22. The number of carbonyl (C=O) groups excluding carboxylic acids is 11. The van der Waals surface area contributed by atoms with Gasteiger partial charge in [-0.1, -0.05) is 0 Å². The van der Waals surface area contributed by atoms with E-state index < -0.39 is 190 Å². The lowest BCUT2D eigenvalue weighted by Crippen LogP contribution is -2.61. The third kappa shape index (κ3) is 25.3. The molecule has 0 aromatic rings. The van der Waals surface area contributed by atoms with Crippen molar-refractivity contribution in [2.75, 3.05) is 65.6 Å². The molecular formula is C43H74N16O19. The quantitative estimate of drug-likeness (QED) is 0.0156. The van der Waals surface area contributed by atoms with Crippen LogP contribution in [0.1, 0.15) is 64.7 Å². The molecular weight excluding hydrogens is 1040 g/mol. The number of rotatable bonds is 37. The van der Waals surface area contributed by atoms with Gasteiger partial charge in [-0.05, 0) is 64.8 Å². The summed E-state index contributed by atoms with van der Waals surface area (Å²) in [6.07, 6.45) is -1.87. The highest BCUT2D eigenvalue weighted by atomic mass is 16.4. The van der Waals surface area contributed by atoms with E-state index >= 15 is 0 Å². The molecule has 9 atom stereocenters. The van der Waals surface area contributed by atoms with Crippen molar-refractivity contribution in [3.8, 4) is 0 Å². The molecule has 0 aromatic carbocycles. The lowest BCUT2D eigenvalue weighted by molar-refractivity contribution is -0.142. The number of amides is 11. The van der Waals surface area contributed by atoms with E-state index in [2.05, 4.69) is 58.2 Å². The van der Waals surface area contributed by atoms with Crippen LogP contribution >= 0.6 is 0 Å². The second kappa shape index (κ2) is 36.2. The average Bonchev–Trinajstić information content (AvgIpc) is 3.89. The predicted octanol–water partition coefficient (Wildman–Crippen LogP) is -11.8. The number of aliphatic carboxylic acids is 2. The van der Waals surface area contributed by atoms with Crippen LogP contribution in [0.15, 0.2) is 4.99 Å². The molecule has 0 saturated carbocycles. The number of hydrogen-bond acceptors (Lipinski definition) is 20. The standard InChI is InChI=1S/C43H74N16O19/c1-21(63)34(58-39(75)26(19-61)54-29(64)14-45)41(77)57-25(18-60)37(73)50-16-31(66)53-24(7-4-12-48-43(46)47)42(78)59-13-5-8-28(59)40(76)56-27(20-62)38(74)55-23(9-10-32(67)68)36(72)49-15-30(65)52-22(6-2-3-11-44)35(71)51-17-33(69)70/h21-28,34,60-63H,2-20,44-45H2,1H3,(H,49,72)(H,50,73)(H,51,71)(H,52,65)(H,53,66)(H,54,64)(H,55,74)(H,56,76)(H,57,77)(H,58,75)(H,67,68)(H,69,70)(H4,46,47,48)/t21-,22+,23+,24+,25+,26+,27+,28+,34+/m1/s1. The lowest BCUT2D eigenvalue weighted by Gasteiger charge is -2.30. The minimum Gasteiger partial charge on any atom is -0.481 e. The maximum absolute atomic E-state index is 14.1. The van der Waals surface area contributed by atoms with Crippen molar-refractivity contribution in [1.82, 2.24) is 58.1 Å². The second-order valence-electron chi connectivity index (χ2n) is 17.4. The zero-order valence-corrected chi connectivity index (χ0v) is 42.8. The van der Waals surface area contributed by atoms with Crippen LogP contribution in [0.25, 0.3) is 0 Å². The molecule has 1 heterocycles. The van der Waals surface area contributed by atoms with Crippen molar-refractivity contribution in [1.29, 1.82) is 0 Å². The maximum atomic E-state index is 14.1. The molecule has 0 spiro atoms. The van der Waals surface area contributed by atoms with Crippen molar-refractivity contribution in [3.63, 3.8) is 0 Å². The molecule has 11 amide bonds. The molecule has 1 fully saturated rings. The van der Waals surface area contributed by atoms with Crippen LogP contribution in [0.2, 0.25) is 0 Å². The van der Waals surface area contributed by atoms with E-state index in [0.717, 1.165) is 11.8 Å².